The van der Waals surface area contributed by atoms with Gasteiger partial charge in [0, 0.05) is 25.7 Å². The number of rotatable bonds is 3. The average molecular weight is 315 g/mol. The summed E-state index contributed by atoms with van der Waals surface area (Å²) in [5, 5.41) is 10.7. The highest BCUT2D eigenvalue weighted by Gasteiger charge is 2.35. The largest absolute Gasteiger partial charge is 0.388 e. The number of hydrogen-bond donors (Lipinski definition) is 1. The van der Waals surface area contributed by atoms with E-state index < -0.39 is 5.60 Å². The van der Waals surface area contributed by atoms with Gasteiger partial charge in [0.25, 0.3) is 0 Å². The number of piperidine rings is 2. The number of likely N-dealkylation sites (tertiary alicyclic amines) is 2. The molecule has 1 N–H and O–H groups in total. The smallest absolute Gasteiger partial charge is 0.0798 e. The molecule has 0 aromatic rings. The zero-order valence-corrected chi connectivity index (χ0v) is 16.4. The molecular weight excluding hydrogens is 272 g/mol. The SMILES string of the molecule is CC.CC.CC1CCN(CC2(O)CCN(C(C)C)CC2)CC1. The second-order valence-corrected chi connectivity index (χ2v) is 6.81. The predicted molar refractivity (Wildman–Crippen MR) is 98.4 cm³/mol. The first-order valence-corrected chi connectivity index (χ1v) is 9.67. The van der Waals surface area contributed by atoms with Crippen LogP contribution in [0.5, 0.6) is 0 Å². The Bertz CT molecular complexity index is 252. The van der Waals surface area contributed by atoms with Gasteiger partial charge in [0.2, 0.25) is 0 Å². The first-order chi connectivity index (χ1) is 10.5. The van der Waals surface area contributed by atoms with E-state index in [1.54, 1.807) is 0 Å². The lowest BCUT2D eigenvalue weighted by Crippen LogP contribution is -2.53. The van der Waals surface area contributed by atoms with E-state index in [9.17, 15) is 5.11 Å². The van der Waals surface area contributed by atoms with Gasteiger partial charge in [-0.1, -0.05) is 34.6 Å². The van der Waals surface area contributed by atoms with Crippen LogP contribution < -0.4 is 0 Å². The predicted octanol–water partition coefficient (Wildman–Crippen LogP) is 4.01. The zero-order chi connectivity index (χ0) is 17.2. The fraction of sp³-hybridized carbons (Fsp3) is 1.00. The maximum absolute atomic E-state index is 10.7. The summed E-state index contributed by atoms with van der Waals surface area (Å²) in [6.07, 6.45) is 4.48. The molecule has 0 aromatic heterocycles. The molecule has 0 atom stereocenters. The normalized spacial score (nSPS) is 23.3. The van der Waals surface area contributed by atoms with E-state index in [4.69, 9.17) is 0 Å². The van der Waals surface area contributed by atoms with Crippen molar-refractivity contribution in [2.75, 3.05) is 32.7 Å². The van der Waals surface area contributed by atoms with Crippen molar-refractivity contribution < 1.29 is 5.11 Å². The van der Waals surface area contributed by atoms with E-state index in [1.165, 1.54) is 25.9 Å². The van der Waals surface area contributed by atoms with Crippen molar-refractivity contribution in [3.05, 3.63) is 0 Å². The molecule has 0 radical (unpaired) electrons. The molecule has 2 aliphatic heterocycles. The molecular formula is C19H42N2O. The van der Waals surface area contributed by atoms with Crippen molar-refractivity contribution in [3.63, 3.8) is 0 Å². The zero-order valence-electron chi connectivity index (χ0n) is 16.4. The highest BCUT2D eigenvalue weighted by Crippen LogP contribution is 2.26. The molecule has 2 aliphatic rings. The fourth-order valence-electron chi connectivity index (χ4n) is 3.25. The summed E-state index contributed by atoms with van der Waals surface area (Å²) in [7, 11) is 0. The van der Waals surface area contributed by atoms with Crippen molar-refractivity contribution >= 4 is 0 Å². The summed E-state index contributed by atoms with van der Waals surface area (Å²) < 4.78 is 0. The monoisotopic (exact) mass is 314 g/mol. The van der Waals surface area contributed by atoms with E-state index in [0.717, 1.165) is 38.4 Å². The summed E-state index contributed by atoms with van der Waals surface area (Å²) in [6, 6.07) is 0.616. The van der Waals surface area contributed by atoms with Gasteiger partial charge in [-0.15, -0.1) is 0 Å². The second kappa shape index (κ2) is 11.4. The Kier molecular flexibility index (Phi) is 11.4. The maximum Gasteiger partial charge on any atom is 0.0798 e. The molecule has 0 bridgehead atoms. The molecule has 2 fully saturated rings. The van der Waals surface area contributed by atoms with E-state index in [-0.39, 0.29) is 0 Å². The van der Waals surface area contributed by atoms with Crippen molar-refractivity contribution in [2.24, 2.45) is 5.92 Å². The average Bonchev–Trinajstić information content (AvgIpc) is 2.54. The molecule has 2 heterocycles. The Morgan fingerprint density at radius 3 is 1.82 bits per heavy atom. The van der Waals surface area contributed by atoms with Crippen LogP contribution >= 0.6 is 0 Å². The quantitative estimate of drug-likeness (QED) is 0.853. The minimum Gasteiger partial charge on any atom is -0.388 e. The van der Waals surface area contributed by atoms with Crippen LogP contribution in [0.2, 0.25) is 0 Å². The number of aliphatic hydroxyl groups is 1. The van der Waals surface area contributed by atoms with Crippen LogP contribution in [0.1, 0.15) is 74.1 Å². The van der Waals surface area contributed by atoms with E-state index >= 15 is 0 Å². The van der Waals surface area contributed by atoms with Crippen LogP contribution in [0.3, 0.4) is 0 Å². The maximum atomic E-state index is 10.7. The molecule has 0 aromatic carbocycles. The topological polar surface area (TPSA) is 26.7 Å². The van der Waals surface area contributed by atoms with Gasteiger partial charge in [-0.2, -0.15) is 0 Å². The first kappa shape index (κ1) is 21.9. The highest BCUT2D eigenvalue weighted by molar-refractivity contribution is 4.90. The molecule has 3 nitrogen and oxygen atoms in total. The lowest BCUT2D eigenvalue weighted by Gasteiger charge is -2.43. The Labute approximate surface area is 140 Å². The van der Waals surface area contributed by atoms with Gasteiger partial charge in [0.1, 0.15) is 0 Å². The van der Waals surface area contributed by atoms with Crippen LogP contribution in [0.4, 0.5) is 0 Å². The molecule has 2 rings (SSSR count). The van der Waals surface area contributed by atoms with Gasteiger partial charge >= 0.3 is 0 Å². The lowest BCUT2D eigenvalue weighted by molar-refractivity contribution is -0.0546. The van der Waals surface area contributed by atoms with Crippen molar-refractivity contribution in [1.82, 2.24) is 9.80 Å². The number of hydrogen-bond acceptors (Lipinski definition) is 3. The summed E-state index contributed by atoms with van der Waals surface area (Å²) in [6.45, 7) is 20.2. The Morgan fingerprint density at radius 2 is 1.41 bits per heavy atom. The van der Waals surface area contributed by atoms with E-state index in [1.807, 2.05) is 27.7 Å². The molecule has 0 aliphatic carbocycles. The summed E-state index contributed by atoms with van der Waals surface area (Å²) in [5.74, 6) is 0.874. The molecule has 3 heteroatoms. The van der Waals surface area contributed by atoms with Gasteiger partial charge in [-0.3, -0.25) is 0 Å². The van der Waals surface area contributed by atoms with Gasteiger partial charge < -0.3 is 14.9 Å². The lowest BCUT2D eigenvalue weighted by atomic mass is 9.89. The van der Waals surface area contributed by atoms with E-state index in [0.29, 0.717) is 6.04 Å². The van der Waals surface area contributed by atoms with E-state index in [2.05, 4.69) is 30.6 Å². The van der Waals surface area contributed by atoms with Gasteiger partial charge in [0.05, 0.1) is 5.60 Å². The second-order valence-electron chi connectivity index (χ2n) is 6.81. The molecule has 2 saturated heterocycles. The van der Waals surface area contributed by atoms with Gasteiger partial charge in [-0.05, 0) is 58.5 Å². The number of β-amino-alcohol motifs (C(OH)–C–C–N with tert-alkyl or cyclic N) is 1. The summed E-state index contributed by atoms with van der Waals surface area (Å²) >= 11 is 0. The fourth-order valence-corrected chi connectivity index (χ4v) is 3.25. The van der Waals surface area contributed by atoms with Crippen molar-refractivity contribution in [1.29, 1.82) is 0 Å². The number of nitrogens with zero attached hydrogens (tertiary/aromatic N) is 2. The molecule has 0 unspecified atom stereocenters. The van der Waals surface area contributed by atoms with Crippen molar-refractivity contribution in [2.45, 2.75) is 85.8 Å². The molecule has 0 amide bonds. The van der Waals surface area contributed by atoms with Crippen LogP contribution in [-0.2, 0) is 0 Å². The minimum atomic E-state index is -0.425. The van der Waals surface area contributed by atoms with Crippen molar-refractivity contribution in [3.8, 4) is 0 Å². The Morgan fingerprint density at radius 1 is 0.955 bits per heavy atom. The third-order valence-corrected chi connectivity index (χ3v) is 4.85. The molecule has 134 valence electrons. The molecule has 0 spiro atoms. The Balaban J connectivity index is 0.00000102. The molecule has 22 heavy (non-hydrogen) atoms. The third-order valence-electron chi connectivity index (χ3n) is 4.85. The summed E-state index contributed by atoms with van der Waals surface area (Å²) in [4.78, 5) is 4.96. The Hall–Kier alpha value is -0.120. The minimum absolute atomic E-state index is 0.425. The molecule has 0 saturated carbocycles. The van der Waals surface area contributed by atoms with Gasteiger partial charge in [-0.25, -0.2) is 0 Å². The summed E-state index contributed by atoms with van der Waals surface area (Å²) in [5.41, 5.74) is -0.425. The van der Waals surface area contributed by atoms with Crippen LogP contribution in [-0.4, -0.2) is 59.3 Å². The first-order valence-electron chi connectivity index (χ1n) is 9.67. The third kappa shape index (κ3) is 7.43. The van der Waals surface area contributed by atoms with Crippen LogP contribution in [0, 0.1) is 5.92 Å². The van der Waals surface area contributed by atoms with Crippen LogP contribution in [0.15, 0.2) is 0 Å². The standard InChI is InChI=1S/C15H30N2O.2C2H6/c1-13(2)17-10-6-15(18,7-11-17)12-16-8-4-14(3)5-9-16;2*1-2/h13-14,18H,4-12H2,1-3H3;2*1-2H3. The van der Waals surface area contributed by atoms with Gasteiger partial charge in [0.15, 0.2) is 0 Å². The highest BCUT2D eigenvalue weighted by atomic mass is 16.3. The van der Waals surface area contributed by atoms with Crippen LogP contribution in [0.25, 0.3) is 0 Å².